The number of rotatable bonds is 0. The van der Waals surface area contributed by atoms with Gasteiger partial charge in [-0.15, -0.1) is 0 Å². The molecule has 0 amide bonds. The molecule has 20 heavy (non-hydrogen) atoms. The third-order valence-corrected chi connectivity index (χ3v) is 1.82. The van der Waals surface area contributed by atoms with Gasteiger partial charge in [-0.3, -0.25) is 0 Å². The average molecular weight is 367 g/mol. The van der Waals surface area contributed by atoms with Crippen LogP contribution in [-0.2, 0) is 17.1 Å². The van der Waals surface area contributed by atoms with E-state index in [0.29, 0.717) is 0 Å². The quantitative estimate of drug-likeness (QED) is 0.135. The SMILES string of the molecule is C1=CCCC1.C1=CCCC1.F[P-](F)(F)(F)(F)F.[CH3-].[CH3-].[Fe+3]. The molecule has 125 valence electrons. The zero-order valence-corrected chi connectivity index (χ0v) is 13.6. The Bertz CT molecular complexity index is 240. The van der Waals surface area contributed by atoms with E-state index < -0.39 is 7.81 Å². The van der Waals surface area contributed by atoms with Crippen molar-refractivity contribution in [2.75, 3.05) is 0 Å². The molecule has 8 heteroatoms. The smallest absolute Gasteiger partial charge is 0.358 e. The normalized spacial score (nSPS) is 18.5. The van der Waals surface area contributed by atoms with E-state index in [4.69, 9.17) is 0 Å². The van der Waals surface area contributed by atoms with Gasteiger partial charge in [-0.25, -0.2) is 0 Å². The van der Waals surface area contributed by atoms with Crippen molar-refractivity contribution in [3.63, 3.8) is 0 Å². The van der Waals surface area contributed by atoms with Gasteiger partial charge in [0.25, 0.3) is 0 Å². The van der Waals surface area contributed by atoms with Gasteiger partial charge >= 0.3 is 50.1 Å². The molecule has 0 unspecified atom stereocenters. The van der Waals surface area contributed by atoms with Crippen LogP contribution in [-0.4, -0.2) is 0 Å². The molecule has 0 N–H and O–H groups in total. The minimum absolute atomic E-state index is 0. The molecule has 0 fully saturated rings. The first-order valence-electron chi connectivity index (χ1n) is 5.31. The van der Waals surface area contributed by atoms with Gasteiger partial charge in [-0.05, 0) is 38.5 Å². The Morgan fingerprint density at radius 1 is 0.550 bits per heavy atom. The Kier molecular flexibility index (Phi) is 13.9. The van der Waals surface area contributed by atoms with Crippen LogP contribution < -0.4 is 0 Å². The predicted octanol–water partition coefficient (Wildman–Crippen LogP) is 7.73. The van der Waals surface area contributed by atoms with Crippen LogP contribution in [0, 0.1) is 14.9 Å². The molecule has 0 aromatic carbocycles. The van der Waals surface area contributed by atoms with Gasteiger partial charge in [0, 0.05) is 0 Å². The van der Waals surface area contributed by atoms with Crippen molar-refractivity contribution in [3.8, 4) is 0 Å². The monoisotopic (exact) mass is 367 g/mol. The van der Waals surface area contributed by atoms with E-state index in [1.54, 1.807) is 0 Å². The summed E-state index contributed by atoms with van der Waals surface area (Å²) < 4.78 is 59.2. The van der Waals surface area contributed by atoms with Crippen molar-refractivity contribution in [2.24, 2.45) is 0 Å². The minimum Gasteiger partial charge on any atom is -0.358 e. The maximum Gasteiger partial charge on any atom is 3.00 e. The molecule has 0 nitrogen and oxygen atoms in total. The summed E-state index contributed by atoms with van der Waals surface area (Å²) in [6, 6.07) is 0. The third-order valence-electron chi connectivity index (χ3n) is 1.82. The van der Waals surface area contributed by atoms with E-state index in [1.165, 1.54) is 38.5 Å². The number of halogens is 6. The summed E-state index contributed by atoms with van der Waals surface area (Å²) >= 11 is 0. The van der Waals surface area contributed by atoms with Crippen LogP contribution in [0.15, 0.2) is 24.3 Å². The van der Waals surface area contributed by atoms with Crippen LogP contribution in [0.3, 0.4) is 0 Å². The maximum atomic E-state index is 9.87. The molecule has 2 aliphatic rings. The fraction of sp³-hybridized carbons (Fsp3) is 0.500. The Morgan fingerprint density at radius 3 is 0.750 bits per heavy atom. The fourth-order valence-corrected chi connectivity index (χ4v) is 1.18. The Labute approximate surface area is 128 Å². The molecule has 1 radical (unpaired) electrons. The van der Waals surface area contributed by atoms with Crippen molar-refractivity contribution in [1.29, 1.82) is 0 Å². The van der Waals surface area contributed by atoms with Gasteiger partial charge in [-0.1, -0.05) is 24.3 Å². The molecule has 0 spiro atoms. The largest absolute Gasteiger partial charge is 3.00 e. The van der Waals surface area contributed by atoms with E-state index in [1.807, 2.05) is 0 Å². The van der Waals surface area contributed by atoms with Crippen molar-refractivity contribution in [3.05, 3.63) is 39.2 Å². The standard InChI is InChI=1S/2C5H8.2CH3.F6P.Fe/c2*1-2-4-5-3-1;;;1-7(2,3,4,5)6;/h2*1-2H,3-5H2;2*1H3;;/q;;3*-1;+3. The Morgan fingerprint density at radius 2 is 0.700 bits per heavy atom. The molecule has 0 aliphatic heterocycles. The molecule has 2 aliphatic carbocycles. The summed E-state index contributed by atoms with van der Waals surface area (Å²) in [5, 5.41) is 0. The van der Waals surface area contributed by atoms with Gasteiger partial charge in [-0.2, -0.15) is 0 Å². The number of hydrogen-bond donors (Lipinski definition) is 0. The van der Waals surface area contributed by atoms with E-state index in [0.717, 1.165) is 0 Å². The van der Waals surface area contributed by atoms with Crippen LogP contribution in [0.1, 0.15) is 38.5 Å². The van der Waals surface area contributed by atoms with Gasteiger partial charge in [0.2, 0.25) is 0 Å². The van der Waals surface area contributed by atoms with Crippen LogP contribution in [0.5, 0.6) is 0 Å². The molecule has 0 bridgehead atoms. The molecule has 0 heterocycles. The van der Waals surface area contributed by atoms with Crippen LogP contribution >= 0.6 is 7.81 Å². The molecule has 2 rings (SSSR count). The van der Waals surface area contributed by atoms with E-state index in [2.05, 4.69) is 24.3 Å². The molecule has 0 aromatic rings. The second-order valence-corrected chi connectivity index (χ2v) is 5.68. The molecule has 0 aromatic heterocycles. The summed E-state index contributed by atoms with van der Waals surface area (Å²) in [6.45, 7) is 0. The predicted molar refractivity (Wildman–Crippen MR) is 72.4 cm³/mol. The van der Waals surface area contributed by atoms with E-state index >= 15 is 0 Å². The first kappa shape index (κ1) is 28.2. The van der Waals surface area contributed by atoms with E-state index in [-0.39, 0.29) is 31.9 Å². The van der Waals surface area contributed by atoms with Gasteiger partial charge in [0.1, 0.15) is 0 Å². The topological polar surface area (TPSA) is 0 Å². The summed E-state index contributed by atoms with van der Waals surface area (Å²) in [5.74, 6) is 0. The van der Waals surface area contributed by atoms with Gasteiger partial charge in [0.15, 0.2) is 0 Å². The third kappa shape index (κ3) is 52.0. The zero-order valence-electron chi connectivity index (χ0n) is 11.6. The van der Waals surface area contributed by atoms with Crippen LogP contribution in [0.25, 0.3) is 0 Å². The first-order chi connectivity index (χ1) is 7.45. The summed E-state index contributed by atoms with van der Waals surface area (Å²) in [5.41, 5.74) is 0. The summed E-state index contributed by atoms with van der Waals surface area (Å²) in [6.07, 6.45) is 17.0. The molecular formula is C12H22F6FeP. The van der Waals surface area contributed by atoms with E-state index in [9.17, 15) is 25.2 Å². The minimum atomic E-state index is -10.7. The molecular weight excluding hydrogens is 345 g/mol. The van der Waals surface area contributed by atoms with Crippen molar-refractivity contribution < 1.29 is 42.3 Å². The summed E-state index contributed by atoms with van der Waals surface area (Å²) in [7, 11) is -10.7. The van der Waals surface area contributed by atoms with Crippen LogP contribution in [0.4, 0.5) is 25.2 Å². The maximum absolute atomic E-state index is 10.7. The fourth-order valence-electron chi connectivity index (χ4n) is 1.18. The second kappa shape index (κ2) is 9.86. The van der Waals surface area contributed by atoms with Crippen LogP contribution in [0.2, 0.25) is 0 Å². The first-order valence-corrected chi connectivity index (χ1v) is 7.34. The number of hydrogen-bond acceptors (Lipinski definition) is 0. The average Bonchev–Trinajstić information content (AvgIpc) is 2.78. The molecule has 0 atom stereocenters. The zero-order chi connectivity index (χ0) is 13.5. The van der Waals surface area contributed by atoms with Crippen molar-refractivity contribution >= 4 is 7.81 Å². The second-order valence-electron chi connectivity index (χ2n) is 3.76. The van der Waals surface area contributed by atoms with Gasteiger partial charge in [0.05, 0.1) is 0 Å². The Balaban J connectivity index is -0.0000000903. The van der Waals surface area contributed by atoms with Crippen molar-refractivity contribution in [2.45, 2.75) is 38.5 Å². The molecule has 0 saturated heterocycles. The summed E-state index contributed by atoms with van der Waals surface area (Å²) in [4.78, 5) is 0. The Hall–Kier alpha value is 0.00948. The van der Waals surface area contributed by atoms with Crippen molar-refractivity contribution in [1.82, 2.24) is 0 Å². The van der Waals surface area contributed by atoms with Gasteiger partial charge < -0.3 is 14.9 Å². The number of allylic oxidation sites excluding steroid dienone is 4. The molecule has 0 saturated carbocycles.